The molecule has 25 heavy (non-hydrogen) atoms. The molecule has 0 amide bonds. The van der Waals surface area contributed by atoms with Crippen LogP contribution in [0.2, 0.25) is 5.02 Å². The molecule has 1 N–H and O–H groups in total. The summed E-state index contributed by atoms with van der Waals surface area (Å²) in [6.45, 7) is 1.95. The summed E-state index contributed by atoms with van der Waals surface area (Å²) in [6.07, 6.45) is 2.47. The van der Waals surface area contributed by atoms with Gasteiger partial charge in [-0.15, -0.1) is 16.4 Å². The van der Waals surface area contributed by atoms with E-state index < -0.39 is 0 Å². The number of likely N-dealkylation sites (tertiary alicyclic amines) is 1. The van der Waals surface area contributed by atoms with Crippen molar-refractivity contribution in [3.05, 3.63) is 56.4 Å². The van der Waals surface area contributed by atoms with Crippen LogP contribution in [-0.4, -0.2) is 20.9 Å². The van der Waals surface area contributed by atoms with Crippen LogP contribution in [0.15, 0.2) is 41.8 Å². The molecule has 4 rings (SSSR count). The first-order chi connectivity index (χ1) is 12.1. The van der Waals surface area contributed by atoms with Crippen molar-refractivity contribution in [1.29, 1.82) is 0 Å². The Hall–Kier alpha value is -1.47. The van der Waals surface area contributed by atoms with Crippen molar-refractivity contribution in [1.82, 2.24) is 14.3 Å². The van der Waals surface area contributed by atoms with Crippen molar-refractivity contribution in [3.63, 3.8) is 0 Å². The molecule has 4 nitrogen and oxygen atoms in total. The Balaban J connectivity index is 1.65. The van der Waals surface area contributed by atoms with Crippen LogP contribution in [0.25, 0.3) is 11.4 Å². The van der Waals surface area contributed by atoms with E-state index in [1.165, 1.54) is 22.6 Å². The molecule has 0 radical (unpaired) electrons. The van der Waals surface area contributed by atoms with Gasteiger partial charge in [-0.3, -0.25) is 0 Å². The van der Waals surface area contributed by atoms with Crippen molar-refractivity contribution >= 4 is 35.2 Å². The maximum Gasteiger partial charge on any atom is 0.202 e. The van der Waals surface area contributed by atoms with Gasteiger partial charge in [0.2, 0.25) is 4.77 Å². The third-order valence-corrected chi connectivity index (χ3v) is 6.68. The highest BCUT2D eigenvalue weighted by atomic mass is 35.5. The normalized spacial score (nSPS) is 20.2. The van der Waals surface area contributed by atoms with Gasteiger partial charge in [-0.2, -0.15) is 4.68 Å². The molecule has 3 aromatic rings. The molecule has 1 fully saturated rings. The minimum atomic E-state index is 0.549. The SMILES string of the molecule is Cn1c(-c2ccccc2Cl)nn(C[NH+]2CCC[C@@H]2c2cccs2)c1=S. The maximum absolute atomic E-state index is 6.35. The van der Waals surface area contributed by atoms with Crippen molar-refractivity contribution in [3.8, 4) is 11.4 Å². The molecular formula is C18H20ClN4S2+. The van der Waals surface area contributed by atoms with Gasteiger partial charge in [0.25, 0.3) is 0 Å². The summed E-state index contributed by atoms with van der Waals surface area (Å²) in [5.74, 6) is 0.821. The quantitative estimate of drug-likeness (QED) is 0.686. The van der Waals surface area contributed by atoms with E-state index in [9.17, 15) is 0 Å². The third kappa shape index (κ3) is 3.19. The van der Waals surface area contributed by atoms with E-state index in [2.05, 4.69) is 17.5 Å². The van der Waals surface area contributed by atoms with Crippen molar-refractivity contribution in [2.75, 3.05) is 6.54 Å². The second kappa shape index (κ2) is 7.03. The topological polar surface area (TPSA) is 27.2 Å². The predicted molar refractivity (Wildman–Crippen MR) is 105 cm³/mol. The molecule has 1 aliphatic rings. The number of rotatable bonds is 4. The van der Waals surface area contributed by atoms with Crippen LogP contribution >= 0.6 is 35.2 Å². The van der Waals surface area contributed by atoms with Crippen molar-refractivity contribution in [2.45, 2.75) is 25.6 Å². The Kier molecular flexibility index (Phi) is 4.78. The molecule has 0 bridgehead atoms. The largest absolute Gasteiger partial charge is 0.309 e. The summed E-state index contributed by atoms with van der Waals surface area (Å²) in [6, 6.07) is 12.7. The van der Waals surface area contributed by atoms with Crippen LogP contribution in [0.5, 0.6) is 0 Å². The van der Waals surface area contributed by atoms with E-state index >= 15 is 0 Å². The van der Waals surface area contributed by atoms with Crippen LogP contribution in [0.4, 0.5) is 0 Å². The number of thiophene rings is 1. The molecule has 1 saturated heterocycles. The van der Waals surface area contributed by atoms with Gasteiger partial charge >= 0.3 is 0 Å². The molecule has 0 aliphatic carbocycles. The summed E-state index contributed by atoms with van der Waals surface area (Å²) in [5.41, 5.74) is 0.919. The smallest absolute Gasteiger partial charge is 0.202 e. The monoisotopic (exact) mass is 391 g/mol. The van der Waals surface area contributed by atoms with Gasteiger partial charge in [0.05, 0.1) is 16.4 Å². The highest BCUT2D eigenvalue weighted by Gasteiger charge is 2.31. The van der Waals surface area contributed by atoms with E-state index in [0.717, 1.165) is 29.4 Å². The number of aromatic nitrogens is 3. The van der Waals surface area contributed by atoms with Crippen LogP contribution in [0, 0.1) is 4.77 Å². The number of quaternary nitrogens is 1. The average Bonchev–Trinajstić information content (AvgIpc) is 3.33. The van der Waals surface area contributed by atoms with Crippen molar-refractivity contribution in [2.24, 2.45) is 7.05 Å². The lowest BCUT2D eigenvalue weighted by molar-refractivity contribution is -0.941. The van der Waals surface area contributed by atoms with Crippen LogP contribution < -0.4 is 4.90 Å². The number of nitrogens with zero attached hydrogens (tertiary/aromatic N) is 3. The van der Waals surface area contributed by atoms with Gasteiger partial charge in [-0.05, 0) is 35.8 Å². The number of hydrogen-bond acceptors (Lipinski definition) is 3. The minimum absolute atomic E-state index is 0.549. The van der Waals surface area contributed by atoms with Gasteiger partial charge in [0.1, 0.15) is 6.04 Å². The van der Waals surface area contributed by atoms with E-state index in [1.807, 2.05) is 51.9 Å². The second-order valence-electron chi connectivity index (χ2n) is 6.42. The van der Waals surface area contributed by atoms with Crippen LogP contribution in [0.1, 0.15) is 23.8 Å². The summed E-state index contributed by atoms with van der Waals surface area (Å²) in [5, 5.41) is 7.65. The summed E-state index contributed by atoms with van der Waals surface area (Å²) >= 11 is 13.8. The van der Waals surface area contributed by atoms with E-state index in [4.69, 9.17) is 28.9 Å². The third-order valence-electron chi connectivity index (χ3n) is 4.88. The molecule has 1 aromatic carbocycles. The van der Waals surface area contributed by atoms with Gasteiger partial charge < -0.3 is 9.47 Å². The number of halogens is 1. The molecular weight excluding hydrogens is 372 g/mol. The zero-order chi connectivity index (χ0) is 17.4. The lowest BCUT2D eigenvalue weighted by Crippen LogP contribution is -3.09. The molecule has 1 aliphatic heterocycles. The van der Waals surface area contributed by atoms with Crippen LogP contribution in [-0.2, 0) is 13.7 Å². The zero-order valence-electron chi connectivity index (χ0n) is 14.0. The van der Waals surface area contributed by atoms with E-state index in [0.29, 0.717) is 11.1 Å². The zero-order valence-corrected chi connectivity index (χ0v) is 16.4. The fourth-order valence-electron chi connectivity index (χ4n) is 3.59. The van der Waals surface area contributed by atoms with Gasteiger partial charge in [0, 0.05) is 25.5 Å². The van der Waals surface area contributed by atoms with Gasteiger partial charge in [-0.25, -0.2) is 0 Å². The van der Waals surface area contributed by atoms with E-state index in [-0.39, 0.29) is 0 Å². The molecule has 0 spiro atoms. The summed E-state index contributed by atoms with van der Waals surface area (Å²) < 4.78 is 4.64. The Morgan fingerprint density at radius 2 is 2.16 bits per heavy atom. The van der Waals surface area contributed by atoms with Crippen molar-refractivity contribution < 1.29 is 4.90 Å². The number of nitrogens with one attached hydrogen (secondary N) is 1. The fraction of sp³-hybridized carbons (Fsp3) is 0.333. The number of benzene rings is 1. The first-order valence-corrected chi connectivity index (χ1v) is 10.1. The minimum Gasteiger partial charge on any atom is -0.309 e. The first kappa shape index (κ1) is 17.0. The Morgan fingerprint density at radius 3 is 2.92 bits per heavy atom. The molecule has 3 heterocycles. The first-order valence-electron chi connectivity index (χ1n) is 8.42. The Bertz CT molecular complexity index is 929. The van der Waals surface area contributed by atoms with Gasteiger partial charge in [0.15, 0.2) is 12.5 Å². The van der Waals surface area contributed by atoms with Gasteiger partial charge in [-0.1, -0.05) is 29.8 Å². The Labute approximate surface area is 161 Å². The lowest BCUT2D eigenvalue weighted by Gasteiger charge is -2.20. The molecule has 2 aromatic heterocycles. The van der Waals surface area contributed by atoms with E-state index in [1.54, 1.807) is 0 Å². The summed E-state index contributed by atoms with van der Waals surface area (Å²) in [4.78, 5) is 2.99. The molecule has 1 unspecified atom stereocenters. The fourth-order valence-corrected chi connectivity index (χ4v) is 4.93. The second-order valence-corrected chi connectivity index (χ2v) is 8.17. The summed E-state index contributed by atoms with van der Waals surface area (Å²) in [7, 11) is 1.96. The lowest BCUT2D eigenvalue weighted by atomic mass is 10.2. The molecule has 2 atom stereocenters. The highest BCUT2D eigenvalue weighted by Crippen LogP contribution is 2.26. The molecule has 0 saturated carbocycles. The number of hydrogen-bond donors (Lipinski definition) is 1. The maximum atomic E-state index is 6.35. The average molecular weight is 392 g/mol. The van der Waals surface area contributed by atoms with Crippen LogP contribution in [0.3, 0.4) is 0 Å². The molecule has 7 heteroatoms. The predicted octanol–water partition coefficient (Wildman–Crippen LogP) is 3.71. The molecule has 130 valence electrons. The highest BCUT2D eigenvalue weighted by molar-refractivity contribution is 7.71. The Morgan fingerprint density at radius 1 is 1.32 bits per heavy atom. The standard InChI is InChI=1S/C18H19ClN4S2/c1-21-17(13-6-2-3-7-14(13)19)20-23(18(21)24)12-22-10-4-8-15(22)16-9-5-11-25-16/h2-3,5-7,9,11,15H,4,8,10,12H2,1H3/p+1/t15-/m1/s1.